The van der Waals surface area contributed by atoms with Gasteiger partial charge in [0.25, 0.3) is 0 Å². The molecule has 3 nitrogen and oxygen atoms in total. The van der Waals surface area contributed by atoms with Crippen molar-refractivity contribution in [3.63, 3.8) is 0 Å². The molecule has 0 saturated carbocycles. The first-order valence-corrected chi connectivity index (χ1v) is 5.87. The summed E-state index contributed by atoms with van der Waals surface area (Å²) in [7, 11) is 0. The van der Waals surface area contributed by atoms with Crippen LogP contribution in [0.15, 0.2) is 30.3 Å². The molecule has 0 spiro atoms. The maximum atomic E-state index is 11.2. The average molecular weight is 242 g/mol. The molecule has 1 amide bonds. The van der Waals surface area contributed by atoms with Crippen molar-refractivity contribution in [3.05, 3.63) is 35.9 Å². The Morgan fingerprint density at radius 2 is 2.00 bits per heavy atom. The number of ether oxygens (including phenoxy) is 1. The second kappa shape index (κ2) is 7.99. The number of hydrogen-bond donors (Lipinski definition) is 1. The Hall–Kier alpha value is -1.22. The normalized spacial score (nSPS) is 9.81. The fraction of sp³-hybridized carbons (Fsp3) is 0.417. The Kier molecular flexibility index (Phi) is 6.42. The number of halogens is 1. The van der Waals surface area contributed by atoms with E-state index < -0.39 is 0 Å². The van der Waals surface area contributed by atoms with E-state index in [1.165, 1.54) is 0 Å². The summed E-state index contributed by atoms with van der Waals surface area (Å²) in [4.78, 5) is 11.2. The fourth-order valence-corrected chi connectivity index (χ4v) is 1.37. The number of unbranched alkanes of at least 4 members (excludes halogenated alkanes) is 1. The van der Waals surface area contributed by atoms with E-state index in [9.17, 15) is 4.79 Å². The predicted molar refractivity (Wildman–Crippen MR) is 64.6 cm³/mol. The predicted octanol–water partition coefficient (Wildman–Crippen LogP) is 2.93. The quantitative estimate of drug-likeness (QED) is 0.614. The van der Waals surface area contributed by atoms with Gasteiger partial charge in [0.15, 0.2) is 0 Å². The lowest BCUT2D eigenvalue weighted by molar-refractivity contribution is 0.144. The lowest BCUT2D eigenvalue weighted by atomic mass is 10.2. The van der Waals surface area contributed by atoms with Crippen LogP contribution in [0.4, 0.5) is 4.79 Å². The maximum absolute atomic E-state index is 11.2. The molecule has 4 heteroatoms. The topological polar surface area (TPSA) is 38.3 Å². The van der Waals surface area contributed by atoms with Gasteiger partial charge in [0.1, 0.15) is 0 Å². The first-order valence-electron chi connectivity index (χ1n) is 5.33. The van der Waals surface area contributed by atoms with Gasteiger partial charge in [-0.2, -0.15) is 0 Å². The summed E-state index contributed by atoms with van der Waals surface area (Å²) in [6.45, 7) is 0.919. The van der Waals surface area contributed by atoms with Crippen LogP contribution in [0.1, 0.15) is 18.4 Å². The van der Waals surface area contributed by atoms with Gasteiger partial charge in [0, 0.05) is 12.4 Å². The average Bonchev–Trinajstić information content (AvgIpc) is 2.33. The first kappa shape index (κ1) is 12.8. The zero-order valence-electron chi connectivity index (χ0n) is 9.12. The van der Waals surface area contributed by atoms with Crippen LogP contribution < -0.4 is 5.32 Å². The number of hydrogen-bond acceptors (Lipinski definition) is 2. The first-order chi connectivity index (χ1) is 7.83. The molecule has 0 atom stereocenters. The highest BCUT2D eigenvalue weighted by molar-refractivity contribution is 6.17. The number of rotatable bonds is 6. The highest BCUT2D eigenvalue weighted by Crippen LogP contribution is 1.98. The van der Waals surface area contributed by atoms with Crippen LogP contribution in [-0.2, 0) is 11.3 Å². The van der Waals surface area contributed by atoms with E-state index in [-0.39, 0.29) is 6.09 Å². The molecule has 16 heavy (non-hydrogen) atoms. The molecular formula is C12H16ClNO2. The molecule has 1 aromatic rings. The van der Waals surface area contributed by atoms with E-state index >= 15 is 0 Å². The Morgan fingerprint density at radius 1 is 1.25 bits per heavy atom. The van der Waals surface area contributed by atoms with E-state index in [1.807, 2.05) is 30.3 Å². The standard InChI is InChI=1S/C12H16ClNO2/c13-8-4-5-9-16-12(15)14-10-11-6-2-1-3-7-11/h1-3,6-7H,4-5,8-10H2,(H,14,15). The van der Waals surface area contributed by atoms with Gasteiger partial charge in [0.05, 0.1) is 6.61 Å². The maximum Gasteiger partial charge on any atom is 0.407 e. The van der Waals surface area contributed by atoms with Gasteiger partial charge in [-0.1, -0.05) is 30.3 Å². The Bertz CT molecular complexity index is 303. The van der Waals surface area contributed by atoms with Gasteiger partial charge in [-0.25, -0.2) is 4.79 Å². The molecule has 88 valence electrons. The largest absolute Gasteiger partial charge is 0.450 e. The fourth-order valence-electron chi connectivity index (χ4n) is 1.18. The summed E-state index contributed by atoms with van der Waals surface area (Å²) in [6.07, 6.45) is 1.30. The van der Waals surface area contributed by atoms with Crippen molar-refractivity contribution in [1.29, 1.82) is 0 Å². The number of carbonyl (C=O) groups excluding carboxylic acids is 1. The summed E-state index contributed by atoms with van der Waals surface area (Å²) in [5.41, 5.74) is 1.06. The minimum atomic E-state index is -0.376. The second-order valence-electron chi connectivity index (χ2n) is 3.37. The molecule has 1 rings (SSSR count). The molecule has 0 radical (unpaired) electrons. The SMILES string of the molecule is O=C(NCc1ccccc1)OCCCCCl. The smallest absolute Gasteiger partial charge is 0.407 e. The van der Waals surface area contributed by atoms with Crippen LogP contribution >= 0.6 is 11.6 Å². The molecule has 1 aromatic carbocycles. The van der Waals surface area contributed by atoms with E-state index in [0.717, 1.165) is 18.4 Å². The number of amides is 1. The molecule has 0 aliphatic carbocycles. The van der Waals surface area contributed by atoms with Crippen LogP contribution in [0.3, 0.4) is 0 Å². The molecule has 0 unspecified atom stereocenters. The summed E-state index contributed by atoms with van der Waals surface area (Å²) in [6, 6.07) is 9.71. The van der Waals surface area contributed by atoms with Crippen molar-refractivity contribution < 1.29 is 9.53 Å². The lowest BCUT2D eigenvalue weighted by Crippen LogP contribution is -2.24. The van der Waals surface area contributed by atoms with Crippen LogP contribution in [0, 0.1) is 0 Å². The monoisotopic (exact) mass is 241 g/mol. The summed E-state index contributed by atoms with van der Waals surface area (Å²) in [5.74, 6) is 0.606. The van der Waals surface area contributed by atoms with Crippen LogP contribution in [0.5, 0.6) is 0 Å². The molecule has 0 fully saturated rings. The molecule has 0 bridgehead atoms. The van der Waals surface area contributed by atoms with Crippen molar-refractivity contribution in [1.82, 2.24) is 5.32 Å². The Morgan fingerprint density at radius 3 is 2.69 bits per heavy atom. The number of alkyl carbamates (subject to hydrolysis) is 1. The van der Waals surface area contributed by atoms with Gasteiger partial charge < -0.3 is 10.1 Å². The minimum absolute atomic E-state index is 0.376. The third-order valence-corrected chi connectivity index (χ3v) is 2.31. The summed E-state index contributed by atoms with van der Waals surface area (Å²) < 4.78 is 4.96. The third-order valence-electron chi connectivity index (χ3n) is 2.04. The van der Waals surface area contributed by atoms with E-state index in [1.54, 1.807) is 0 Å². The summed E-state index contributed by atoms with van der Waals surface area (Å²) in [5, 5.41) is 2.68. The van der Waals surface area contributed by atoms with E-state index in [0.29, 0.717) is 19.0 Å². The van der Waals surface area contributed by atoms with Gasteiger partial charge >= 0.3 is 6.09 Å². The van der Waals surface area contributed by atoms with Crippen LogP contribution in [0.25, 0.3) is 0 Å². The third kappa shape index (κ3) is 5.61. The highest BCUT2D eigenvalue weighted by Gasteiger charge is 2.00. The van der Waals surface area contributed by atoms with Crippen molar-refractivity contribution in [2.75, 3.05) is 12.5 Å². The Labute approximate surface area is 101 Å². The van der Waals surface area contributed by atoms with Crippen molar-refractivity contribution in [3.8, 4) is 0 Å². The van der Waals surface area contributed by atoms with Gasteiger partial charge in [0.2, 0.25) is 0 Å². The van der Waals surface area contributed by atoms with Crippen molar-refractivity contribution in [2.24, 2.45) is 0 Å². The minimum Gasteiger partial charge on any atom is -0.450 e. The molecule has 0 aliphatic heterocycles. The zero-order valence-corrected chi connectivity index (χ0v) is 9.87. The molecule has 0 aliphatic rings. The lowest BCUT2D eigenvalue weighted by Gasteiger charge is -2.06. The number of benzene rings is 1. The summed E-state index contributed by atoms with van der Waals surface area (Å²) >= 11 is 5.50. The second-order valence-corrected chi connectivity index (χ2v) is 3.75. The molecular weight excluding hydrogens is 226 g/mol. The number of alkyl halides is 1. The van der Waals surface area contributed by atoms with Crippen LogP contribution in [0.2, 0.25) is 0 Å². The van der Waals surface area contributed by atoms with Gasteiger partial charge in [-0.3, -0.25) is 0 Å². The molecule has 0 saturated heterocycles. The van der Waals surface area contributed by atoms with Crippen LogP contribution in [-0.4, -0.2) is 18.6 Å². The van der Waals surface area contributed by atoms with Gasteiger partial charge in [-0.05, 0) is 18.4 Å². The van der Waals surface area contributed by atoms with E-state index in [4.69, 9.17) is 16.3 Å². The highest BCUT2D eigenvalue weighted by atomic mass is 35.5. The number of carbonyl (C=O) groups is 1. The number of nitrogens with one attached hydrogen (secondary N) is 1. The molecule has 0 aromatic heterocycles. The van der Waals surface area contributed by atoms with Gasteiger partial charge in [-0.15, -0.1) is 11.6 Å². The Balaban J connectivity index is 2.11. The van der Waals surface area contributed by atoms with Crippen molar-refractivity contribution in [2.45, 2.75) is 19.4 Å². The van der Waals surface area contributed by atoms with E-state index in [2.05, 4.69) is 5.32 Å². The van der Waals surface area contributed by atoms with Crippen molar-refractivity contribution >= 4 is 17.7 Å². The molecule has 1 N–H and O–H groups in total. The zero-order chi connectivity index (χ0) is 11.6. The molecule has 0 heterocycles.